The second kappa shape index (κ2) is 14.9. The van der Waals surface area contributed by atoms with E-state index in [2.05, 4.69) is 17.2 Å². The van der Waals surface area contributed by atoms with Crippen LogP contribution in [0, 0.1) is 0 Å². The molecule has 2 amide bonds. The van der Waals surface area contributed by atoms with E-state index in [4.69, 9.17) is 4.74 Å². The molecule has 0 atom stereocenters. The van der Waals surface area contributed by atoms with Crippen molar-refractivity contribution < 1.29 is 19.4 Å². The van der Waals surface area contributed by atoms with Crippen LogP contribution in [0.1, 0.15) is 51.5 Å². The number of nitrogens with zero attached hydrogens (tertiary/aromatic N) is 2. The molecule has 33 heavy (non-hydrogen) atoms. The molecule has 0 fully saturated rings. The van der Waals surface area contributed by atoms with Gasteiger partial charge in [-0.1, -0.05) is 50.8 Å². The molecule has 0 bridgehead atoms. The molecule has 2 rings (SSSR count). The minimum absolute atomic E-state index is 0. The molecule has 7 nitrogen and oxygen atoms in total. The van der Waals surface area contributed by atoms with Crippen molar-refractivity contribution in [2.75, 3.05) is 25.1 Å². The lowest BCUT2D eigenvalue weighted by atomic mass is 10.1. The van der Waals surface area contributed by atoms with E-state index in [0.717, 1.165) is 29.8 Å². The monoisotopic (exact) mass is 475 g/mol. The summed E-state index contributed by atoms with van der Waals surface area (Å²) in [4.78, 5) is 29.7. The predicted molar refractivity (Wildman–Crippen MR) is 135 cm³/mol. The Morgan fingerprint density at radius 3 is 2.52 bits per heavy atom. The maximum absolute atomic E-state index is 12.5. The molecule has 1 aromatic heterocycles. The Bertz CT molecular complexity index is 916. The summed E-state index contributed by atoms with van der Waals surface area (Å²) in [6, 6.07) is 11.0. The average molecular weight is 476 g/mol. The third-order valence-corrected chi connectivity index (χ3v) is 4.99. The lowest BCUT2D eigenvalue weighted by molar-refractivity contribution is -0.136. The van der Waals surface area contributed by atoms with Crippen molar-refractivity contribution in [1.29, 1.82) is 0 Å². The normalized spacial score (nSPS) is 10.8. The first-order valence-electron chi connectivity index (χ1n) is 11.1. The molecule has 0 saturated carbocycles. The smallest absolute Gasteiger partial charge is 0.371 e. The van der Waals surface area contributed by atoms with Gasteiger partial charge in [0.05, 0.1) is 12.3 Å². The zero-order valence-electron chi connectivity index (χ0n) is 19.5. The Labute approximate surface area is 202 Å². The van der Waals surface area contributed by atoms with Gasteiger partial charge >= 0.3 is 12.0 Å². The highest BCUT2D eigenvalue weighted by Crippen LogP contribution is 2.23. The molecular formula is C25H34ClN3O4. The fraction of sp³-hybridized carbons (Fsp3) is 0.400. The molecule has 2 N–H and O–H groups in total. The van der Waals surface area contributed by atoms with Gasteiger partial charge in [-0.05, 0) is 43.2 Å². The fourth-order valence-corrected chi connectivity index (χ4v) is 3.17. The van der Waals surface area contributed by atoms with Crippen LogP contribution in [0.25, 0.3) is 17.3 Å². The van der Waals surface area contributed by atoms with E-state index >= 15 is 0 Å². The Kier molecular flexibility index (Phi) is 12.6. The van der Waals surface area contributed by atoms with Crippen molar-refractivity contribution >= 4 is 36.2 Å². The number of ether oxygens (including phenoxy) is 1. The first-order chi connectivity index (χ1) is 15.5. The first-order valence-corrected chi connectivity index (χ1v) is 11.1. The number of carbonyl (C=O) groups is 2. The second-order valence-electron chi connectivity index (χ2n) is 7.48. The summed E-state index contributed by atoms with van der Waals surface area (Å²) in [5.41, 5.74) is 2.98. The molecule has 0 saturated heterocycles. The lowest BCUT2D eigenvalue weighted by Gasteiger charge is -2.19. The van der Waals surface area contributed by atoms with Gasteiger partial charge in [0.2, 0.25) is 5.76 Å². The summed E-state index contributed by atoms with van der Waals surface area (Å²) in [6.45, 7) is 4.86. The van der Waals surface area contributed by atoms with Gasteiger partial charge in [0.25, 0.3) is 0 Å². The van der Waals surface area contributed by atoms with Crippen LogP contribution in [-0.2, 0) is 9.53 Å². The van der Waals surface area contributed by atoms with Crippen LogP contribution < -0.4 is 10.2 Å². The van der Waals surface area contributed by atoms with E-state index in [9.17, 15) is 14.7 Å². The van der Waals surface area contributed by atoms with Crippen molar-refractivity contribution in [3.05, 3.63) is 53.9 Å². The van der Waals surface area contributed by atoms with Gasteiger partial charge in [0, 0.05) is 31.0 Å². The highest BCUT2D eigenvalue weighted by Gasteiger charge is 2.12. The Hall–Kier alpha value is -3.06. The van der Waals surface area contributed by atoms with Gasteiger partial charge < -0.3 is 15.2 Å². The number of rotatable bonds is 12. The number of hydrogen-bond acceptors (Lipinski definition) is 4. The highest BCUT2D eigenvalue weighted by molar-refractivity contribution is 5.92. The van der Waals surface area contributed by atoms with Crippen molar-refractivity contribution in [2.45, 2.75) is 46.0 Å². The predicted octanol–water partition coefficient (Wildman–Crippen LogP) is 5.75. The molecule has 180 valence electrons. The van der Waals surface area contributed by atoms with E-state index in [0.29, 0.717) is 12.1 Å². The molecular weight excluding hydrogens is 442 g/mol. The van der Waals surface area contributed by atoms with Crippen LogP contribution in [-0.4, -0.2) is 42.3 Å². The summed E-state index contributed by atoms with van der Waals surface area (Å²) in [5.74, 6) is -1.24. The fourth-order valence-electron chi connectivity index (χ4n) is 3.17. The number of pyridine rings is 1. The number of amides is 2. The molecule has 0 radical (unpaired) electrons. The number of aromatic nitrogens is 1. The van der Waals surface area contributed by atoms with Crippen LogP contribution >= 0.6 is 12.4 Å². The van der Waals surface area contributed by atoms with Gasteiger partial charge in [0.1, 0.15) is 0 Å². The minimum Gasteiger partial charge on any atom is -0.487 e. The lowest BCUT2D eigenvalue weighted by Crippen LogP contribution is -2.37. The van der Waals surface area contributed by atoms with Crippen LogP contribution in [0.2, 0.25) is 0 Å². The van der Waals surface area contributed by atoms with E-state index in [1.807, 2.05) is 30.3 Å². The summed E-state index contributed by atoms with van der Waals surface area (Å²) in [6.07, 6.45) is 8.79. The molecule has 2 aromatic rings. The number of urea groups is 1. The zero-order chi connectivity index (χ0) is 23.3. The van der Waals surface area contributed by atoms with Gasteiger partial charge in [0.15, 0.2) is 0 Å². The number of carboxylic acids is 1. The molecule has 0 aliphatic carbocycles. The second-order valence-corrected chi connectivity index (χ2v) is 7.48. The number of nitrogens with one attached hydrogen (secondary N) is 1. The van der Waals surface area contributed by atoms with Crippen molar-refractivity contribution in [3.8, 4) is 11.3 Å². The first kappa shape index (κ1) is 28.0. The zero-order valence-corrected chi connectivity index (χ0v) is 20.4. The van der Waals surface area contributed by atoms with Gasteiger partial charge in [-0.2, -0.15) is 0 Å². The number of benzene rings is 1. The summed E-state index contributed by atoms with van der Waals surface area (Å²) in [7, 11) is 1.74. The topological polar surface area (TPSA) is 91.8 Å². The van der Waals surface area contributed by atoms with Gasteiger partial charge in [-0.25, -0.2) is 9.59 Å². The maximum atomic E-state index is 12.5. The number of hydrogen-bond donors (Lipinski definition) is 2. The quantitative estimate of drug-likeness (QED) is 0.232. The van der Waals surface area contributed by atoms with Crippen LogP contribution in [0.4, 0.5) is 10.5 Å². The number of halogens is 1. The molecule has 0 aliphatic rings. The number of unbranched alkanes of at least 4 members (excludes halogenated alkanes) is 4. The molecule has 0 aliphatic heterocycles. The number of carboxylic acid groups (broad SMARTS) is 1. The van der Waals surface area contributed by atoms with Crippen molar-refractivity contribution in [2.24, 2.45) is 0 Å². The van der Waals surface area contributed by atoms with Crippen LogP contribution in [0.15, 0.2) is 48.4 Å². The van der Waals surface area contributed by atoms with E-state index in [1.54, 1.807) is 31.1 Å². The standard InChI is InChI=1S/C25H33N3O4.ClH/c1-4-6-7-8-9-15-26-25(31)28(3)21-12-10-11-20(17-21)22-14-13-19(18-27-22)16-23(24(29)30)32-5-2;/h10-14,16-18H,4-9,15H2,1-3H3,(H,26,31)(H,29,30);1H. The molecule has 1 heterocycles. The molecule has 8 heteroatoms. The van der Waals surface area contributed by atoms with Crippen molar-refractivity contribution in [1.82, 2.24) is 10.3 Å². The largest absolute Gasteiger partial charge is 0.487 e. The molecule has 1 aromatic carbocycles. The van der Waals surface area contributed by atoms with Crippen LogP contribution in [0.5, 0.6) is 0 Å². The SMILES string of the molecule is CCCCCCCNC(=O)N(C)c1cccc(-c2ccc(C=C(OCC)C(=O)O)cn2)c1.Cl. The Morgan fingerprint density at radius 2 is 1.88 bits per heavy atom. The third kappa shape index (κ3) is 9.14. The van der Waals surface area contributed by atoms with E-state index in [-0.39, 0.29) is 30.8 Å². The summed E-state index contributed by atoms with van der Waals surface area (Å²) >= 11 is 0. The van der Waals surface area contributed by atoms with Crippen LogP contribution in [0.3, 0.4) is 0 Å². The number of aliphatic carboxylic acids is 1. The van der Waals surface area contributed by atoms with E-state index in [1.165, 1.54) is 25.3 Å². The van der Waals surface area contributed by atoms with Gasteiger partial charge in [-0.3, -0.25) is 9.88 Å². The maximum Gasteiger partial charge on any atom is 0.371 e. The Morgan fingerprint density at radius 1 is 1.12 bits per heavy atom. The summed E-state index contributed by atoms with van der Waals surface area (Å²) in [5, 5.41) is 12.1. The molecule has 0 unspecified atom stereocenters. The number of carbonyl (C=O) groups excluding carboxylic acids is 1. The summed E-state index contributed by atoms with van der Waals surface area (Å²) < 4.78 is 5.13. The third-order valence-electron chi connectivity index (χ3n) is 4.99. The Balaban J connectivity index is 0.00000544. The van der Waals surface area contributed by atoms with Crippen molar-refractivity contribution in [3.63, 3.8) is 0 Å². The minimum atomic E-state index is -1.12. The van der Waals surface area contributed by atoms with Gasteiger partial charge in [-0.15, -0.1) is 12.4 Å². The average Bonchev–Trinajstić information content (AvgIpc) is 2.81. The molecule has 0 spiro atoms. The number of anilines is 1. The van der Waals surface area contributed by atoms with E-state index < -0.39 is 5.97 Å². The highest BCUT2D eigenvalue weighted by atomic mass is 35.5.